The molecule has 86 valence electrons. The van der Waals surface area contributed by atoms with E-state index >= 15 is 0 Å². The maximum Gasteiger partial charge on any atom is 0.297 e. The standard InChI is InChI=1S/C8H14N2O4S/c1-10(3-4-15(2,12)13)8-9-7(5-11)6-14-8/h6,11H,3-5H2,1-2H3. The third-order valence-electron chi connectivity index (χ3n) is 1.83. The molecule has 0 atom stereocenters. The molecule has 6 nitrogen and oxygen atoms in total. The summed E-state index contributed by atoms with van der Waals surface area (Å²) in [6.07, 6.45) is 2.52. The predicted octanol–water partition coefficient (Wildman–Crippen LogP) is -0.352. The van der Waals surface area contributed by atoms with Crippen molar-refractivity contribution in [3.63, 3.8) is 0 Å². The van der Waals surface area contributed by atoms with Crippen molar-refractivity contribution in [2.24, 2.45) is 0 Å². The first-order chi connectivity index (χ1) is 6.92. The van der Waals surface area contributed by atoms with Gasteiger partial charge in [0.1, 0.15) is 21.8 Å². The van der Waals surface area contributed by atoms with Crippen LogP contribution in [-0.4, -0.2) is 44.1 Å². The number of aromatic nitrogens is 1. The van der Waals surface area contributed by atoms with Gasteiger partial charge in [-0.2, -0.15) is 4.98 Å². The molecule has 0 radical (unpaired) electrons. The van der Waals surface area contributed by atoms with E-state index in [4.69, 9.17) is 9.52 Å². The van der Waals surface area contributed by atoms with E-state index in [-0.39, 0.29) is 12.4 Å². The minimum atomic E-state index is -2.99. The molecular formula is C8H14N2O4S. The molecule has 0 unspecified atom stereocenters. The minimum absolute atomic E-state index is 0.0420. The first-order valence-corrected chi connectivity index (χ1v) is 6.42. The Morgan fingerprint density at radius 2 is 2.27 bits per heavy atom. The van der Waals surface area contributed by atoms with Crippen molar-refractivity contribution < 1.29 is 17.9 Å². The second kappa shape index (κ2) is 4.63. The third-order valence-corrected chi connectivity index (χ3v) is 2.75. The van der Waals surface area contributed by atoms with E-state index in [1.54, 1.807) is 11.9 Å². The zero-order valence-corrected chi connectivity index (χ0v) is 9.49. The number of oxazole rings is 1. The average molecular weight is 234 g/mol. The summed E-state index contributed by atoms with van der Waals surface area (Å²) < 4.78 is 26.9. The summed E-state index contributed by atoms with van der Waals surface area (Å²) in [5.74, 6) is 0.0420. The Hall–Kier alpha value is -1.08. The van der Waals surface area contributed by atoms with Gasteiger partial charge in [0.05, 0.1) is 12.4 Å². The SMILES string of the molecule is CN(CCS(C)(=O)=O)c1nc(CO)co1. The van der Waals surface area contributed by atoms with Crippen LogP contribution >= 0.6 is 0 Å². The maximum absolute atomic E-state index is 10.9. The number of aliphatic hydroxyl groups excluding tert-OH is 1. The van der Waals surface area contributed by atoms with Gasteiger partial charge in [-0.3, -0.25) is 0 Å². The largest absolute Gasteiger partial charge is 0.432 e. The van der Waals surface area contributed by atoms with Crippen molar-refractivity contribution >= 4 is 15.9 Å². The number of anilines is 1. The molecule has 1 rings (SSSR count). The molecule has 1 aromatic heterocycles. The number of aliphatic hydroxyl groups is 1. The van der Waals surface area contributed by atoms with Gasteiger partial charge in [-0.25, -0.2) is 8.42 Å². The Balaban J connectivity index is 2.57. The van der Waals surface area contributed by atoms with E-state index in [9.17, 15) is 8.42 Å². The summed E-state index contributed by atoms with van der Waals surface area (Å²) in [6, 6.07) is 0.308. The van der Waals surface area contributed by atoms with Crippen LogP contribution in [0.4, 0.5) is 6.01 Å². The topological polar surface area (TPSA) is 83.6 Å². The molecule has 0 spiro atoms. The van der Waals surface area contributed by atoms with E-state index in [0.29, 0.717) is 18.3 Å². The second-order valence-corrected chi connectivity index (χ2v) is 5.59. The van der Waals surface area contributed by atoms with Crippen molar-refractivity contribution in [3.8, 4) is 0 Å². The summed E-state index contributed by atoms with van der Waals surface area (Å²) in [6.45, 7) is 0.119. The van der Waals surface area contributed by atoms with Gasteiger partial charge in [-0.15, -0.1) is 0 Å². The van der Waals surface area contributed by atoms with Crippen LogP contribution in [0.2, 0.25) is 0 Å². The lowest BCUT2D eigenvalue weighted by molar-refractivity contribution is 0.276. The van der Waals surface area contributed by atoms with E-state index in [2.05, 4.69) is 4.98 Å². The van der Waals surface area contributed by atoms with E-state index in [1.165, 1.54) is 12.5 Å². The molecule has 0 fully saturated rings. The van der Waals surface area contributed by atoms with Gasteiger partial charge in [0.15, 0.2) is 0 Å². The van der Waals surface area contributed by atoms with Crippen molar-refractivity contribution in [2.75, 3.05) is 30.5 Å². The van der Waals surface area contributed by atoms with Crippen molar-refractivity contribution in [1.82, 2.24) is 4.98 Å². The zero-order valence-electron chi connectivity index (χ0n) is 8.67. The van der Waals surface area contributed by atoms with E-state index in [0.717, 1.165) is 0 Å². The van der Waals surface area contributed by atoms with Crippen LogP contribution in [0.5, 0.6) is 0 Å². The summed E-state index contributed by atoms with van der Waals surface area (Å²) in [5, 5.41) is 8.75. The Kier molecular flexibility index (Phi) is 3.70. The smallest absolute Gasteiger partial charge is 0.297 e. The Labute approximate surface area is 88.4 Å². The van der Waals surface area contributed by atoms with Gasteiger partial charge in [0.2, 0.25) is 0 Å². The molecule has 0 saturated heterocycles. The van der Waals surface area contributed by atoms with Crippen LogP contribution < -0.4 is 4.90 Å². The van der Waals surface area contributed by atoms with Gasteiger partial charge >= 0.3 is 0 Å². The minimum Gasteiger partial charge on any atom is -0.432 e. The van der Waals surface area contributed by atoms with Crippen LogP contribution in [0.1, 0.15) is 5.69 Å². The van der Waals surface area contributed by atoms with Gasteiger partial charge in [-0.05, 0) is 0 Å². The van der Waals surface area contributed by atoms with Crippen molar-refractivity contribution in [2.45, 2.75) is 6.61 Å². The van der Waals surface area contributed by atoms with Crippen LogP contribution in [0.25, 0.3) is 0 Å². The highest BCUT2D eigenvalue weighted by Gasteiger charge is 2.11. The number of nitrogens with zero attached hydrogens (tertiary/aromatic N) is 2. The predicted molar refractivity (Wildman–Crippen MR) is 55.4 cm³/mol. The molecule has 0 aliphatic heterocycles. The molecule has 1 heterocycles. The summed E-state index contributed by atoms with van der Waals surface area (Å²) >= 11 is 0. The molecule has 1 aromatic rings. The van der Waals surface area contributed by atoms with Crippen LogP contribution in [0, 0.1) is 0 Å². The highest BCUT2D eigenvalue weighted by molar-refractivity contribution is 7.90. The third kappa shape index (κ3) is 3.88. The lowest BCUT2D eigenvalue weighted by atomic mass is 10.5. The normalized spacial score (nSPS) is 11.7. The lowest BCUT2D eigenvalue weighted by Crippen LogP contribution is -2.25. The Bertz CT molecular complexity index is 412. The van der Waals surface area contributed by atoms with Gasteiger partial charge in [-0.1, -0.05) is 0 Å². The maximum atomic E-state index is 10.9. The molecule has 0 amide bonds. The van der Waals surface area contributed by atoms with E-state index < -0.39 is 9.84 Å². The molecule has 0 aliphatic carbocycles. The molecule has 15 heavy (non-hydrogen) atoms. The highest BCUT2D eigenvalue weighted by atomic mass is 32.2. The fourth-order valence-corrected chi connectivity index (χ4v) is 1.55. The molecule has 0 bridgehead atoms. The average Bonchev–Trinajstić information content (AvgIpc) is 2.61. The van der Waals surface area contributed by atoms with Gasteiger partial charge in [0.25, 0.3) is 6.01 Å². The molecule has 0 aromatic carbocycles. The number of hydrogen-bond donors (Lipinski definition) is 1. The Morgan fingerprint density at radius 1 is 1.60 bits per heavy atom. The fourth-order valence-electron chi connectivity index (χ4n) is 0.943. The van der Waals surface area contributed by atoms with Crippen LogP contribution in [0.15, 0.2) is 10.7 Å². The van der Waals surface area contributed by atoms with Crippen molar-refractivity contribution in [3.05, 3.63) is 12.0 Å². The summed E-state index contributed by atoms with van der Waals surface area (Å²) in [5.41, 5.74) is 0.427. The summed E-state index contributed by atoms with van der Waals surface area (Å²) in [4.78, 5) is 5.53. The molecular weight excluding hydrogens is 220 g/mol. The fraction of sp³-hybridized carbons (Fsp3) is 0.625. The summed E-state index contributed by atoms with van der Waals surface area (Å²) in [7, 11) is -1.31. The molecule has 0 saturated carbocycles. The molecule has 0 aliphatic rings. The number of sulfone groups is 1. The molecule has 1 N–H and O–H groups in total. The molecule has 7 heteroatoms. The Morgan fingerprint density at radius 3 is 2.73 bits per heavy atom. The van der Waals surface area contributed by atoms with Crippen molar-refractivity contribution in [1.29, 1.82) is 0 Å². The quantitative estimate of drug-likeness (QED) is 0.749. The number of hydrogen-bond acceptors (Lipinski definition) is 6. The van der Waals surface area contributed by atoms with E-state index in [1.807, 2.05) is 0 Å². The zero-order chi connectivity index (χ0) is 11.5. The first-order valence-electron chi connectivity index (χ1n) is 4.36. The lowest BCUT2D eigenvalue weighted by Gasteiger charge is -2.12. The second-order valence-electron chi connectivity index (χ2n) is 3.33. The number of rotatable bonds is 5. The highest BCUT2D eigenvalue weighted by Crippen LogP contribution is 2.11. The monoisotopic (exact) mass is 234 g/mol. The van der Waals surface area contributed by atoms with Gasteiger partial charge in [0, 0.05) is 19.8 Å². The van der Waals surface area contributed by atoms with Gasteiger partial charge < -0.3 is 14.4 Å². The van der Waals surface area contributed by atoms with Crippen LogP contribution in [-0.2, 0) is 16.4 Å². The first kappa shape index (κ1) is 12.0. The van der Waals surface area contributed by atoms with Crippen LogP contribution in [0.3, 0.4) is 0 Å².